The van der Waals surface area contributed by atoms with E-state index in [-0.39, 0.29) is 12.3 Å². The molecule has 3 heterocycles. The van der Waals surface area contributed by atoms with Gasteiger partial charge in [-0.05, 0) is 68.5 Å². The number of hydrogen-bond donors (Lipinski definition) is 1. The number of piperidine rings is 1. The third-order valence-electron chi connectivity index (χ3n) is 5.20. The summed E-state index contributed by atoms with van der Waals surface area (Å²) in [5, 5.41) is 3.54. The van der Waals surface area contributed by atoms with Crippen molar-refractivity contribution in [2.24, 2.45) is 10.9 Å². The van der Waals surface area contributed by atoms with Gasteiger partial charge in [0.1, 0.15) is 5.60 Å². The van der Waals surface area contributed by atoms with E-state index in [2.05, 4.69) is 32.8 Å². The molecule has 9 heteroatoms. The lowest BCUT2D eigenvalue weighted by molar-refractivity contribution is 0.0165. The molecule has 164 valence electrons. The molecule has 0 spiro atoms. The standard InChI is InChI=1S/C20H33IN4O4/c1-20(2,3)29-19(26)25-7-5-6-14(13-25)12-15-16(21)17(27-4)23-18(22-15)24-8-10-28-11-9-24/h14,17H,5-13H2,1-4H3,(H,22,23)/t14-,17?/m0/s1. The van der Waals surface area contributed by atoms with Crippen LogP contribution in [0.25, 0.3) is 0 Å². The molecule has 0 aromatic rings. The number of nitrogens with zero attached hydrogens (tertiary/aromatic N) is 3. The number of halogens is 1. The van der Waals surface area contributed by atoms with Crippen molar-refractivity contribution in [2.75, 3.05) is 46.5 Å². The Morgan fingerprint density at radius 3 is 2.69 bits per heavy atom. The summed E-state index contributed by atoms with van der Waals surface area (Å²) in [7, 11) is 1.69. The third-order valence-corrected chi connectivity index (χ3v) is 6.39. The van der Waals surface area contributed by atoms with Gasteiger partial charge in [0.2, 0.25) is 5.96 Å². The number of hydrogen-bond acceptors (Lipinski definition) is 7. The number of guanidine groups is 1. The smallest absolute Gasteiger partial charge is 0.410 e. The van der Waals surface area contributed by atoms with Crippen molar-refractivity contribution in [3.05, 3.63) is 9.28 Å². The van der Waals surface area contributed by atoms with Crippen molar-refractivity contribution in [3.8, 4) is 0 Å². The van der Waals surface area contributed by atoms with Gasteiger partial charge < -0.3 is 29.3 Å². The zero-order valence-corrected chi connectivity index (χ0v) is 20.0. The lowest BCUT2D eigenvalue weighted by atomic mass is 9.93. The maximum Gasteiger partial charge on any atom is 0.410 e. The number of aliphatic imine (C=N–C) groups is 1. The number of nitrogens with one attached hydrogen (secondary N) is 1. The van der Waals surface area contributed by atoms with Gasteiger partial charge in [-0.25, -0.2) is 9.79 Å². The first-order valence-corrected chi connectivity index (χ1v) is 11.4. The van der Waals surface area contributed by atoms with Crippen molar-refractivity contribution >= 4 is 34.6 Å². The predicted octanol–water partition coefficient (Wildman–Crippen LogP) is 2.93. The molecule has 3 rings (SSSR count). The minimum atomic E-state index is -0.470. The average molecular weight is 520 g/mol. The van der Waals surface area contributed by atoms with E-state index >= 15 is 0 Å². The van der Waals surface area contributed by atoms with Crippen molar-refractivity contribution in [1.82, 2.24) is 15.1 Å². The number of morpholine rings is 1. The first-order valence-electron chi connectivity index (χ1n) is 10.3. The summed E-state index contributed by atoms with van der Waals surface area (Å²) in [6.07, 6.45) is 2.45. The fourth-order valence-electron chi connectivity index (χ4n) is 3.80. The minimum Gasteiger partial charge on any atom is -0.444 e. The Labute approximate surface area is 187 Å². The molecule has 2 saturated heterocycles. The fourth-order valence-corrected chi connectivity index (χ4v) is 4.55. The summed E-state index contributed by atoms with van der Waals surface area (Å²) in [5.41, 5.74) is 0.673. The largest absolute Gasteiger partial charge is 0.444 e. The first-order chi connectivity index (χ1) is 13.8. The second-order valence-corrected chi connectivity index (χ2v) is 9.89. The van der Waals surface area contributed by atoms with Crippen molar-refractivity contribution in [3.63, 3.8) is 0 Å². The molecular formula is C20H33IN4O4. The summed E-state index contributed by atoms with van der Waals surface area (Å²) in [6, 6.07) is 0. The van der Waals surface area contributed by atoms with Crippen LogP contribution in [-0.4, -0.2) is 80.2 Å². The van der Waals surface area contributed by atoms with E-state index in [0.29, 0.717) is 25.7 Å². The first kappa shape index (κ1) is 22.6. The summed E-state index contributed by atoms with van der Waals surface area (Å²) in [5.74, 6) is 1.24. The molecule has 2 atom stereocenters. The molecule has 8 nitrogen and oxygen atoms in total. The highest BCUT2D eigenvalue weighted by Gasteiger charge is 2.31. The summed E-state index contributed by atoms with van der Waals surface area (Å²) < 4.78 is 17.7. The van der Waals surface area contributed by atoms with Crippen LogP contribution < -0.4 is 5.32 Å². The molecule has 0 aromatic heterocycles. The number of allylic oxidation sites excluding steroid dienone is 1. The van der Waals surface area contributed by atoms with Crippen LogP contribution in [-0.2, 0) is 14.2 Å². The Morgan fingerprint density at radius 1 is 1.31 bits per heavy atom. The number of amides is 1. The van der Waals surface area contributed by atoms with Crippen LogP contribution >= 0.6 is 22.6 Å². The highest BCUT2D eigenvalue weighted by atomic mass is 127. The molecule has 2 fully saturated rings. The normalized spacial score (nSPS) is 26.2. The number of carbonyl (C=O) groups excluding carboxylic acids is 1. The van der Waals surface area contributed by atoms with E-state index in [1.54, 1.807) is 7.11 Å². The van der Waals surface area contributed by atoms with Crippen LogP contribution in [0.4, 0.5) is 4.79 Å². The van der Waals surface area contributed by atoms with Gasteiger partial charge in [0.15, 0.2) is 6.23 Å². The van der Waals surface area contributed by atoms with Gasteiger partial charge in [-0.2, -0.15) is 0 Å². The molecule has 1 N–H and O–H groups in total. The van der Waals surface area contributed by atoms with Gasteiger partial charge in [-0.15, -0.1) is 0 Å². The van der Waals surface area contributed by atoms with Gasteiger partial charge in [0.25, 0.3) is 0 Å². The van der Waals surface area contributed by atoms with Crippen molar-refractivity contribution < 1.29 is 19.0 Å². The number of ether oxygens (including phenoxy) is 3. The maximum atomic E-state index is 12.5. The molecule has 0 aliphatic carbocycles. The number of methoxy groups -OCH3 is 1. The summed E-state index contributed by atoms with van der Waals surface area (Å²) in [4.78, 5) is 21.3. The SMILES string of the molecule is COC1N=C(N2CCOCC2)NC(C[C@@H]2CCCN(C(=O)OC(C)(C)C)C2)=C1I. The third kappa shape index (κ3) is 6.21. The Hall–Kier alpha value is -1.07. The molecule has 0 aromatic carbocycles. The topological polar surface area (TPSA) is 75.6 Å². The van der Waals surface area contributed by atoms with Gasteiger partial charge >= 0.3 is 6.09 Å². The van der Waals surface area contributed by atoms with E-state index < -0.39 is 5.60 Å². The molecule has 1 amide bonds. The molecule has 0 radical (unpaired) electrons. The number of carbonyl (C=O) groups is 1. The van der Waals surface area contributed by atoms with Gasteiger partial charge in [-0.1, -0.05) is 0 Å². The van der Waals surface area contributed by atoms with Gasteiger partial charge in [-0.3, -0.25) is 0 Å². The monoisotopic (exact) mass is 520 g/mol. The minimum absolute atomic E-state index is 0.215. The Morgan fingerprint density at radius 2 is 2.03 bits per heavy atom. The predicted molar refractivity (Wildman–Crippen MR) is 120 cm³/mol. The lowest BCUT2D eigenvalue weighted by Gasteiger charge is -2.37. The van der Waals surface area contributed by atoms with Gasteiger partial charge in [0.05, 0.1) is 16.8 Å². The second kappa shape index (κ2) is 9.82. The lowest BCUT2D eigenvalue weighted by Crippen LogP contribution is -2.50. The Balaban J connectivity index is 1.65. The Bertz CT molecular complexity index is 655. The van der Waals surface area contributed by atoms with Gasteiger partial charge in [0, 0.05) is 39.0 Å². The average Bonchev–Trinajstić information content (AvgIpc) is 2.69. The second-order valence-electron chi connectivity index (χ2n) is 8.73. The summed E-state index contributed by atoms with van der Waals surface area (Å²) in [6.45, 7) is 10.3. The highest BCUT2D eigenvalue weighted by Crippen LogP contribution is 2.31. The maximum absolute atomic E-state index is 12.5. The van der Waals surface area contributed by atoms with Crippen LogP contribution in [0.15, 0.2) is 14.3 Å². The molecule has 0 bridgehead atoms. The van der Waals surface area contributed by atoms with Crippen molar-refractivity contribution in [2.45, 2.75) is 51.9 Å². The zero-order chi connectivity index (χ0) is 21.0. The molecule has 3 aliphatic heterocycles. The van der Waals surface area contributed by atoms with E-state index in [9.17, 15) is 4.79 Å². The highest BCUT2D eigenvalue weighted by molar-refractivity contribution is 14.1. The Kier molecular flexibility index (Phi) is 7.66. The molecule has 1 unspecified atom stereocenters. The fraction of sp³-hybridized carbons (Fsp3) is 0.800. The van der Waals surface area contributed by atoms with Crippen LogP contribution in [0, 0.1) is 5.92 Å². The van der Waals surface area contributed by atoms with E-state index in [1.165, 1.54) is 0 Å². The van der Waals surface area contributed by atoms with Crippen LogP contribution in [0.3, 0.4) is 0 Å². The molecular weight excluding hydrogens is 487 g/mol. The van der Waals surface area contributed by atoms with Crippen LogP contribution in [0.2, 0.25) is 0 Å². The van der Waals surface area contributed by atoms with Crippen LogP contribution in [0.5, 0.6) is 0 Å². The molecule has 0 saturated carbocycles. The number of rotatable bonds is 3. The summed E-state index contributed by atoms with van der Waals surface area (Å²) >= 11 is 2.33. The molecule has 29 heavy (non-hydrogen) atoms. The molecule has 3 aliphatic rings. The van der Waals surface area contributed by atoms with Crippen molar-refractivity contribution in [1.29, 1.82) is 0 Å². The zero-order valence-electron chi connectivity index (χ0n) is 17.9. The van der Waals surface area contributed by atoms with E-state index in [1.807, 2.05) is 25.7 Å². The quantitative estimate of drug-likeness (QED) is 0.577. The van der Waals surface area contributed by atoms with E-state index in [0.717, 1.165) is 54.1 Å². The number of likely N-dealkylation sites (tertiary alicyclic amines) is 1. The van der Waals surface area contributed by atoms with E-state index in [4.69, 9.17) is 19.2 Å². The van der Waals surface area contributed by atoms with Crippen LogP contribution in [0.1, 0.15) is 40.0 Å².